The van der Waals surface area contributed by atoms with Gasteiger partial charge in [0.05, 0.1) is 15.8 Å². The molecule has 3 atom stereocenters. The third-order valence-corrected chi connectivity index (χ3v) is 5.37. The number of carbonyl (C=O) groups is 1. The minimum atomic E-state index is -0.272. The maximum atomic E-state index is 13.8. The molecule has 3 aliphatic rings. The summed E-state index contributed by atoms with van der Waals surface area (Å²) in [6.07, 6.45) is 3.53. The Kier molecular flexibility index (Phi) is 2.43. The standard InChI is InChI=1S/C14H14BrFN2O/c15-9-4-11-12(5-10(9)16)18-6-7-2-1-3-8(7)13(18)14(19)17-11/h4-5,7-8,13H,1-3,6H2,(H,17,19). The van der Waals surface area contributed by atoms with E-state index in [9.17, 15) is 9.18 Å². The number of nitrogens with one attached hydrogen (secondary N) is 1. The summed E-state index contributed by atoms with van der Waals surface area (Å²) in [6.45, 7) is 0.886. The van der Waals surface area contributed by atoms with Gasteiger partial charge in [-0.15, -0.1) is 0 Å². The SMILES string of the molecule is O=C1Nc2cc(Br)c(F)cc2N2CC3CCCC3C12. The number of anilines is 2. The van der Waals surface area contributed by atoms with Crippen LogP contribution >= 0.6 is 15.9 Å². The summed E-state index contributed by atoms with van der Waals surface area (Å²) >= 11 is 3.17. The van der Waals surface area contributed by atoms with Crippen molar-refractivity contribution in [2.45, 2.75) is 25.3 Å². The molecule has 1 aliphatic carbocycles. The molecule has 2 fully saturated rings. The van der Waals surface area contributed by atoms with Crippen molar-refractivity contribution in [3.8, 4) is 0 Å². The summed E-state index contributed by atoms with van der Waals surface area (Å²) in [5.74, 6) is 0.833. The van der Waals surface area contributed by atoms with Crippen molar-refractivity contribution < 1.29 is 9.18 Å². The first-order valence-electron chi connectivity index (χ1n) is 6.71. The zero-order chi connectivity index (χ0) is 13.1. The fourth-order valence-electron chi connectivity index (χ4n) is 3.97. The molecule has 1 amide bonds. The Morgan fingerprint density at radius 3 is 3.05 bits per heavy atom. The molecule has 0 bridgehead atoms. The Balaban J connectivity index is 1.82. The zero-order valence-corrected chi connectivity index (χ0v) is 11.9. The van der Waals surface area contributed by atoms with E-state index in [0.29, 0.717) is 16.3 Å². The first-order chi connectivity index (χ1) is 9.15. The van der Waals surface area contributed by atoms with Crippen LogP contribution in [-0.2, 0) is 4.79 Å². The smallest absolute Gasteiger partial charge is 0.247 e. The fourth-order valence-corrected chi connectivity index (χ4v) is 4.31. The second-order valence-corrected chi connectivity index (χ2v) is 6.58. The van der Waals surface area contributed by atoms with Gasteiger partial charge in [0.15, 0.2) is 0 Å². The first-order valence-corrected chi connectivity index (χ1v) is 7.51. The Labute approximate surface area is 119 Å². The number of amides is 1. The Morgan fingerprint density at radius 1 is 1.37 bits per heavy atom. The molecule has 0 spiro atoms. The molecule has 0 aromatic heterocycles. The lowest BCUT2D eigenvalue weighted by Crippen LogP contribution is -2.46. The minimum absolute atomic E-state index is 0.0698. The number of nitrogens with zero attached hydrogens (tertiary/aromatic N) is 1. The molecule has 3 nitrogen and oxygen atoms in total. The Bertz CT molecular complexity index is 577. The monoisotopic (exact) mass is 324 g/mol. The van der Waals surface area contributed by atoms with Crippen LogP contribution in [0.25, 0.3) is 0 Å². The van der Waals surface area contributed by atoms with Crippen molar-refractivity contribution in [2.24, 2.45) is 11.8 Å². The molecule has 19 heavy (non-hydrogen) atoms. The van der Waals surface area contributed by atoms with E-state index < -0.39 is 0 Å². The molecule has 1 N–H and O–H groups in total. The number of hydrogen-bond acceptors (Lipinski definition) is 2. The third kappa shape index (κ3) is 1.57. The molecule has 1 aromatic carbocycles. The topological polar surface area (TPSA) is 32.3 Å². The number of rotatable bonds is 0. The maximum Gasteiger partial charge on any atom is 0.247 e. The van der Waals surface area contributed by atoms with E-state index >= 15 is 0 Å². The summed E-state index contributed by atoms with van der Waals surface area (Å²) in [5.41, 5.74) is 1.55. The van der Waals surface area contributed by atoms with Gasteiger partial charge in [0.1, 0.15) is 11.9 Å². The van der Waals surface area contributed by atoms with Gasteiger partial charge in [-0.05, 0) is 46.7 Å². The predicted octanol–water partition coefficient (Wildman–Crippen LogP) is 3.15. The largest absolute Gasteiger partial charge is 0.357 e. The van der Waals surface area contributed by atoms with E-state index in [1.54, 1.807) is 6.07 Å². The van der Waals surface area contributed by atoms with E-state index in [0.717, 1.165) is 24.3 Å². The average Bonchev–Trinajstić information content (AvgIpc) is 2.91. The first kappa shape index (κ1) is 11.7. The predicted molar refractivity (Wildman–Crippen MR) is 74.7 cm³/mol. The maximum absolute atomic E-state index is 13.8. The molecule has 4 rings (SSSR count). The van der Waals surface area contributed by atoms with Gasteiger partial charge in [-0.2, -0.15) is 0 Å². The molecule has 2 aliphatic heterocycles. The van der Waals surface area contributed by atoms with Gasteiger partial charge in [0.25, 0.3) is 0 Å². The molecule has 0 radical (unpaired) electrons. The minimum Gasteiger partial charge on any atom is -0.357 e. The van der Waals surface area contributed by atoms with E-state index in [1.165, 1.54) is 18.9 Å². The average molecular weight is 325 g/mol. The normalized spacial score (nSPS) is 31.8. The van der Waals surface area contributed by atoms with Crippen molar-refractivity contribution in [1.82, 2.24) is 0 Å². The summed E-state index contributed by atoms with van der Waals surface area (Å²) in [6, 6.07) is 3.10. The number of carbonyl (C=O) groups excluding carboxylic acids is 1. The molecule has 100 valence electrons. The highest BCUT2D eigenvalue weighted by molar-refractivity contribution is 9.10. The lowest BCUT2D eigenvalue weighted by atomic mass is 9.92. The van der Waals surface area contributed by atoms with Gasteiger partial charge in [0, 0.05) is 12.6 Å². The van der Waals surface area contributed by atoms with E-state index in [2.05, 4.69) is 26.1 Å². The van der Waals surface area contributed by atoms with Gasteiger partial charge < -0.3 is 10.2 Å². The Hall–Kier alpha value is -1.10. The van der Waals surface area contributed by atoms with Gasteiger partial charge in [-0.3, -0.25) is 4.79 Å². The van der Waals surface area contributed by atoms with Crippen LogP contribution in [0.2, 0.25) is 0 Å². The van der Waals surface area contributed by atoms with Gasteiger partial charge in [-0.25, -0.2) is 4.39 Å². The van der Waals surface area contributed by atoms with Crippen LogP contribution in [0.3, 0.4) is 0 Å². The molecule has 1 saturated heterocycles. The van der Waals surface area contributed by atoms with Crippen LogP contribution in [-0.4, -0.2) is 18.5 Å². The number of halogens is 2. The molecular formula is C14H14BrFN2O. The molecule has 1 aromatic rings. The van der Waals surface area contributed by atoms with Crippen LogP contribution in [0.4, 0.5) is 15.8 Å². The van der Waals surface area contributed by atoms with Crippen molar-refractivity contribution in [3.63, 3.8) is 0 Å². The Morgan fingerprint density at radius 2 is 2.21 bits per heavy atom. The highest BCUT2D eigenvalue weighted by atomic mass is 79.9. The van der Waals surface area contributed by atoms with Gasteiger partial charge >= 0.3 is 0 Å². The highest BCUT2D eigenvalue weighted by Crippen LogP contribution is 2.48. The highest BCUT2D eigenvalue weighted by Gasteiger charge is 2.50. The van der Waals surface area contributed by atoms with Crippen molar-refractivity contribution in [1.29, 1.82) is 0 Å². The van der Waals surface area contributed by atoms with Crippen LogP contribution in [0.5, 0.6) is 0 Å². The quantitative estimate of drug-likeness (QED) is 0.795. The molecule has 3 unspecified atom stereocenters. The summed E-state index contributed by atoms with van der Waals surface area (Å²) < 4.78 is 14.2. The van der Waals surface area contributed by atoms with Crippen molar-refractivity contribution >= 4 is 33.2 Å². The summed E-state index contributed by atoms with van der Waals surface area (Å²) in [5, 5.41) is 2.93. The molecule has 1 saturated carbocycles. The van der Waals surface area contributed by atoms with Crippen LogP contribution < -0.4 is 10.2 Å². The van der Waals surface area contributed by atoms with Crippen molar-refractivity contribution in [3.05, 3.63) is 22.4 Å². The lowest BCUT2D eigenvalue weighted by Gasteiger charge is -2.35. The second-order valence-electron chi connectivity index (χ2n) is 5.72. The number of fused-ring (bicyclic) bond motifs is 5. The number of hydrogen-bond donors (Lipinski definition) is 1. The van der Waals surface area contributed by atoms with E-state index in [1.807, 2.05) is 0 Å². The van der Waals surface area contributed by atoms with Crippen LogP contribution in [0, 0.1) is 17.7 Å². The fraction of sp³-hybridized carbons (Fsp3) is 0.500. The summed E-state index contributed by atoms with van der Waals surface area (Å²) in [4.78, 5) is 14.4. The third-order valence-electron chi connectivity index (χ3n) is 4.76. The van der Waals surface area contributed by atoms with Crippen LogP contribution in [0.1, 0.15) is 19.3 Å². The van der Waals surface area contributed by atoms with E-state index in [4.69, 9.17) is 0 Å². The van der Waals surface area contributed by atoms with Gasteiger partial charge in [0.2, 0.25) is 5.91 Å². The van der Waals surface area contributed by atoms with Crippen LogP contribution in [0.15, 0.2) is 16.6 Å². The lowest BCUT2D eigenvalue weighted by molar-refractivity contribution is -0.118. The van der Waals surface area contributed by atoms with E-state index in [-0.39, 0.29) is 17.8 Å². The zero-order valence-electron chi connectivity index (χ0n) is 10.3. The molecule has 2 heterocycles. The molecule has 5 heteroatoms. The van der Waals surface area contributed by atoms with Crippen molar-refractivity contribution in [2.75, 3.05) is 16.8 Å². The number of benzene rings is 1. The molecular weight excluding hydrogens is 311 g/mol. The van der Waals surface area contributed by atoms with Gasteiger partial charge in [-0.1, -0.05) is 6.42 Å². The second kappa shape index (κ2) is 3.95. The summed E-state index contributed by atoms with van der Waals surface area (Å²) in [7, 11) is 0.